The molecule has 10 heavy (non-hydrogen) atoms. The first kappa shape index (κ1) is 16.7. The number of rotatable bonds is 2. The quantitative estimate of drug-likeness (QED) is 0.590. The highest BCUT2D eigenvalue weighted by molar-refractivity contribution is 7.77. The average molecular weight is 190 g/mol. The molecule has 3 N–H and O–H groups in total. The first-order valence-corrected chi connectivity index (χ1v) is 3.73. The van der Waals surface area contributed by atoms with Crippen molar-refractivity contribution in [3.8, 4) is 0 Å². The zero-order valence-electron chi connectivity index (χ0n) is 6.12. The molecule has 0 radical (unpaired) electrons. The number of nitrogens with two attached hydrogens (primary N) is 1. The molecule has 0 saturated heterocycles. The van der Waals surface area contributed by atoms with Crippen molar-refractivity contribution in [2.45, 2.75) is 13.3 Å². The maximum atomic E-state index is 9.26. The lowest BCUT2D eigenvalue weighted by Crippen LogP contribution is -2.07. The molecule has 0 fully saturated rings. The number of halogens is 1. The Balaban J connectivity index is -0.0000000910. The monoisotopic (exact) mass is 189 g/mol. The topological polar surface area (TPSA) is 78.2 Å². The third kappa shape index (κ3) is 40.4. The first-order chi connectivity index (χ1) is 4.18. The summed E-state index contributed by atoms with van der Waals surface area (Å²) in [4.78, 5) is 0. The van der Waals surface area contributed by atoms with E-state index in [-0.39, 0.29) is 12.4 Å². The molecule has 0 rings (SSSR count). The summed E-state index contributed by atoms with van der Waals surface area (Å²) in [6.07, 6.45) is 1.10. The summed E-state index contributed by atoms with van der Waals surface area (Å²) in [7, 11) is 1.34. The van der Waals surface area contributed by atoms with Crippen LogP contribution in [0.5, 0.6) is 0 Å². The van der Waals surface area contributed by atoms with Gasteiger partial charge in [0.25, 0.3) is 0 Å². The Hall–Kier alpha value is 0.320. The maximum absolute atomic E-state index is 9.26. The van der Waals surface area contributed by atoms with Gasteiger partial charge in [0.1, 0.15) is 0 Å². The molecule has 0 saturated carbocycles. The smallest absolute Gasteiger partial charge is 0.0178 e. The second-order valence-corrected chi connectivity index (χ2v) is 2.11. The molecule has 0 aromatic rings. The summed E-state index contributed by atoms with van der Waals surface area (Å²) in [5, 5.41) is 0. The van der Waals surface area contributed by atoms with Gasteiger partial charge in [-0.15, -0.1) is 12.4 Å². The second kappa shape index (κ2) is 16.2. The van der Waals surface area contributed by atoms with Gasteiger partial charge in [-0.05, 0) is 20.0 Å². The predicted molar refractivity (Wildman–Crippen MR) is 44.6 cm³/mol. The summed E-state index contributed by atoms with van der Waals surface area (Å²) in [5.41, 5.74) is 5.03. The lowest BCUT2D eigenvalue weighted by Gasteiger charge is -1.95. The number of hydrogen-bond acceptors (Lipinski definition) is 3. The highest BCUT2D eigenvalue weighted by Crippen LogP contribution is 1.57. The molecule has 1 unspecified atom stereocenters. The molecule has 0 aromatic heterocycles. The van der Waals surface area contributed by atoms with Gasteiger partial charge in [0, 0.05) is 11.3 Å². The van der Waals surface area contributed by atoms with E-state index in [1.165, 1.54) is 7.05 Å². The normalized spacial score (nSPS) is 10.4. The minimum absolute atomic E-state index is 0. The van der Waals surface area contributed by atoms with Crippen LogP contribution in [0.4, 0.5) is 0 Å². The van der Waals surface area contributed by atoms with Crippen molar-refractivity contribution in [1.82, 2.24) is 4.72 Å². The van der Waals surface area contributed by atoms with Crippen LogP contribution < -0.4 is 10.5 Å². The van der Waals surface area contributed by atoms with Crippen LogP contribution >= 0.6 is 12.4 Å². The fourth-order valence-corrected chi connectivity index (χ4v) is 0. The molecule has 6 heteroatoms. The van der Waals surface area contributed by atoms with E-state index in [2.05, 4.69) is 6.92 Å². The van der Waals surface area contributed by atoms with E-state index in [9.17, 15) is 8.76 Å². The van der Waals surface area contributed by atoms with Crippen LogP contribution in [-0.2, 0) is 11.3 Å². The van der Waals surface area contributed by atoms with Gasteiger partial charge < -0.3 is 10.3 Å². The molecule has 4 nitrogen and oxygen atoms in total. The van der Waals surface area contributed by atoms with Gasteiger partial charge in [-0.1, -0.05) is 6.92 Å². The van der Waals surface area contributed by atoms with Crippen LogP contribution in [-0.4, -0.2) is 22.4 Å². The van der Waals surface area contributed by atoms with E-state index in [0.717, 1.165) is 13.0 Å². The molecule has 0 aromatic carbocycles. The van der Waals surface area contributed by atoms with Crippen molar-refractivity contribution >= 4 is 23.7 Å². The molecular weight excluding hydrogens is 176 g/mol. The van der Waals surface area contributed by atoms with Gasteiger partial charge in [-0.2, -0.15) is 0 Å². The van der Waals surface area contributed by atoms with Crippen molar-refractivity contribution in [1.29, 1.82) is 0 Å². The average Bonchev–Trinajstić information content (AvgIpc) is 1.89. The summed E-state index contributed by atoms with van der Waals surface area (Å²) < 4.78 is 20.5. The van der Waals surface area contributed by atoms with Crippen molar-refractivity contribution in [3.63, 3.8) is 0 Å². The van der Waals surface area contributed by atoms with Crippen LogP contribution in [0.1, 0.15) is 13.3 Å². The Morgan fingerprint density at radius 3 is 1.90 bits per heavy atom. The van der Waals surface area contributed by atoms with E-state index in [1.54, 1.807) is 0 Å². The lowest BCUT2D eigenvalue weighted by atomic mass is 10.5. The van der Waals surface area contributed by atoms with Crippen LogP contribution in [0.3, 0.4) is 0 Å². The molecule has 1 atom stereocenters. The Kier molecular flexibility index (Phi) is 27.0. The van der Waals surface area contributed by atoms with Crippen molar-refractivity contribution in [2.24, 2.45) is 5.73 Å². The van der Waals surface area contributed by atoms with Crippen LogP contribution in [0.15, 0.2) is 0 Å². The molecule has 0 aliphatic heterocycles. The van der Waals surface area contributed by atoms with Gasteiger partial charge in [0.15, 0.2) is 0 Å². The van der Waals surface area contributed by atoms with Crippen molar-refractivity contribution in [3.05, 3.63) is 0 Å². The Morgan fingerprint density at radius 2 is 1.90 bits per heavy atom. The number of nitrogens with one attached hydrogen (secondary N) is 1. The fraction of sp³-hybridized carbons (Fsp3) is 1.00. The summed E-state index contributed by atoms with van der Waals surface area (Å²) in [6, 6.07) is 0. The summed E-state index contributed by atoms with van der Waals surface area (Å²) >= 11 is -2.07. The third-order valence-corrected chi connectivity index (χ3v) is 0.789. The van der Waals surface area contributed by atoms with Gasteiger partial charge in [0.05, 0.1) is 0 Å². The molecule has 0 heterocycles. The van der Waals surface area contributed by atoms with Crippen molar-refractivity contribution < 1.29 is 8.76 Å². The largest absolute Gasteiger partial charge is 0.760 e. The van der Waals surface area contributed by atoms with Crippen LogP contribution in [0.2, 0.25) is 0 Å². The molecular formula is C4H14ClN2O2S-. The molecule has 0 aliphatic carbocycles. The highest BCUT2D eigenvalue weighted by Gasteiger charge is 1.57. The Bertz CT molecular complexity index is 72.3. The minimum atomic E-state index is -2.07. The predicted octanol–water partition coefficient (Wildman–Crippen LogP) is -0.223. The van der Waals surface area contributed by atoms with Gasteiger partial charge >= 0.3 is 0 Å². The van der Waals surface area contributed by atoms with Crippen molar-refractivity contribution in [2.75, 3.05) is 13.6 Å². The molecule has 0 bridgehead atoms. The highest BCUT2D eigenvalue weighted by atomic mass is 35.5. The zero-order valence-corrected chi connectivity index (χ0v) is 7.76. The van der Waals surface area contributed by atoms with E-state index in [4.69, 9.17) is 5.73 Å². The van der Waals surface area contributed by atoms with E-state index >= 15 is 0 Å². The van der Waals surface area contributed by atoms with Crippen LogP contribution in [0.25, 0.3) is 0 Å². The van der Waals surface area contributed by atoms with Gasteiger partial charge in [-0.3, -0.25) is 8.93 Å². The van der Waals surface area contributed by atoms with Gasteiger partial charge in [-0.25, -0.2) is 0 Å². The SMILES string of the molecule is CCCN.CNS(=O)[O-].Cl. The zero-order chi connectivity index (χ0) is 7.70. The van der Waals surface area contributed by atoms with E-state index < -0.39 is 11.3 Å². The Morgan fingerprint density at radius 1 is 1.70 bits per heavy atom. The van der Waals surface area contributed by atoms with E-state index in [0.29, 0.717) is 0 Å². The van der Waals surface area contributed by atoms with E-state index in [1.807, 2.05) is 4.72 Å². The second-order valence-electron chi connectivity index (χ2n) is 1.23. The molecule has 66 valence electrons. The maximum Gasteiger partial charge on any atom is 0.0178 e. The summed E-state index contributed by atoms with van der Waals surface area (Å²) in [5.74, 6) is 0. The first-order valence-electron chi connectivity index (χ1n) is 2.65. The third-order valence-electron chi connectivity index (χ3n) is 0.455. The molecule has 0 amide bonds. The van der Waals surface area contributed by atoms with Gasteiger partial charge in [0.2, 0.25) is 0 Å². The standard InChI is InChI=1S/C3H9N.CH5NO2S.ClH/c1-2-3-4;1-2-5(3)4;/h2-4H2,1H3;2H,1H3,(H,3,4);1H/p-1. The lowest BCUT2D eigenvalue weighted by molar-refractivity contribution is 0.529. The van der Waals surface area contributed by atoms with Crippen LogP contribution in [0, 0.1) is 0 Å². The minimum Gasteiger partial charge on any atom is -0.760 e. The number of hydrogen-bond donors (Lipinski definition) is 2. The Labute approximate surface area is 70.4 Å². The molecule has 0 spiro atoms. The fourth-order valence-electron chi connectivity index (χ4n) is 0. The summed E-state index contributed by atoms with van der Waals surface area (Å²) in [6.45, 7) is 2.88. The molecule has 0 aliphatic rings.